The molecule has 2 atom stereocenters. The summed E-state index contributed by atoms with van der Waals surface area (Å²) >= 11 is 0. The molecule has 23 heavy (non-hydrogen) atoms. The zero-order valence-electron chi connectivity index (χ0n) is 14.3. The largest absolute Gasteiger partial charge is 0.497 e. The van der Waals surface area contributed by atoms with Crippen molar-refractivity contribution in [1.82, 2.24) is 0 Å². The predicted molar refractivity (Wildman–Crippen MR) is 91.0 cm³/mol. The van der Waals surface area contributed by atoms with E-state index in [-0.39, 0.29) is 11.2 Å². The van der Waals surface area contributed by atoms with E-state index in [4.69, 9.17) is 14.2 Å². The van der Waals surface area contributed by atoms with Crippen LogP contribution in [0.5, 0.6) is 11.5 Å². The van der Waals surface area contributed by atoms with E-state index < -0.39 is 0 Å². The van der Waals surface area contributed by atoms with Gasteiger partial charge < -0.3 is 14.2 Å². The Bertz CT molecular complexity index is 603. The summed E-state index contributed by atoms with van der Waals surface area (Å²) in [6.45, 7) is 4.37. The van der Waals surface area contributed by atoms with Gasteiger partial charge in [-0.1, -0.05) is 38.1 Å². The minimum Gasteiger partial charge on any atom is -0.497 e. The molecule has 0 aliphatic carbocycles. The molecule has 0 spiro atoms. The molecule has 0 saturated carbocycles. The maximum Gasteiger partial charge on any atom is 0.127 e. The summed E-state index contributed by atoms with van der Waals surface area (Å²) in [5, 5.41) is 0. The van der Waals surface area contributed by atoms with Crippen LogP contribution in [0.15, 0.2) is 48.5 Å². The highest BCUT2D eigenvalue weighted by Crippen LogP contribution is 2.66. The molecule has 1 aliphatic heterocycles. The molecule has 0 unspecified atom stereocenters. The Morgan fingerprint density at radius 3 is 1.30 bits per heavy atom. The Kier molecular flexibility index (Phi) is 4.07. The standard InChI is InChI=1S/C20H24O3/c1-5-19(15-7-11-17(21-3)12-8-15)20(6-2,23-19)16-9-13-18(22-4)14-10-16/h7-14H,5-6H2,1-4H3/t19-,20-/m1/s1. The Morgan fingerprint density at radius 1 is 0.696 bits per heavy atom. The van der Waals surface area contributed by atoms with E-state index in [2.05, 4.69) is 38.1 Å². The number of epoxide rings is 1. The van der Waals surface area contributed by atoms with E-state index in [0.717, 1.165) is 24.3 Å². The van der Waals surface area contributed by atoms with Gasteiger partial charge in [0, 0.05) is 0 Å². The number of ether oxygens (including phenoxy) is 3. The van der Waals surface area contributed by atoms with Gasteiger partial charge in [0.1, 0.15) is 22.7 Å². The van der Waals surface area contributed by atoms with Crippen LogP contribution >= 0.6 is 0 Å². The summed E-state index contributed by atoms with van der Waals surface area (Å²) < 4.78 is 17.0. The molecular weight excluding hydrogens is 288 g/mol. The molecule has 0 radical (unpaired) electrons. The summed E-state index contributed by atoms with van der Waals surface area (Å²) in [6, 6.07) is 16.5. The van der Waals surface area contributed by atoms with E-state index in [0.29, 0.717) is 0 Å². The van der Waals surface area contributed by atoms with Crippen LogP contribution in [0.4, 0.5) is 0 Å². The number of hydrogen-bond donors (Lipinski definition) is 0. The molecular formula is C20H24O3. The highest BCUT2D eigenvalue weighted by molar-refractivity contribution is 5.44. The first-order valence-electron chi connectivity index (χ1n) is 8.15. The molecule has 0 aromatic heterocycles. The van der Waals surface area contributed by atoms with Crippen LogP contribution in [0.3, 0.4) is 0 Å². The van der Waals surface area contributed by atoms with Gasteiger partial charge in [-0.05, 0) is 48.2 Å². The Hall–Kier alpha value is -2.00. The second-order valence-corrected chi connectivity index (χ2v) is 5.92. The fourth-order valence-corrected chi connectivity index (χ4v) is 3.70. The summed E-state index contributed by atoms with van der Waals surface area (Å²) in [7, 11) is 3.37. The van der Waals surface area contributed by atoms with E-state index in [1.807, 2.05) is 24.3 Å². The van der Waals surface area contributed by atoms with Gasteiger partial charge in [0.25, 0.3) is 0 Å². The average molecular weight is 312 g/mol. The third kappa shape index (κ3) is 2.31. The third-order valence-corrected chi connectivity index (χ3v) is 5.07. The molecule has 0 N–H and O–H groups in total. The molecule has 1 aliphatic rings. The third-order valence-electron chi connectivity index (χ3n) is 5.07. The first kappa shape index (κ1) is 15.9. The van der Waals surface area contributed by atoms with Crippen LogP contribution in [0.2, 0.25) is 0 Å². The SMILES string of the molecule is CC[C@]1(c2ccc(OC)cc2)O[C@]1(CC)c1ccc(OC)cc1. The lowest BCUT2D eigenvalue weighted by Crippen LogP contribution is -2.21. The molecule has 3 heteroatoms. The van der Waals surface area contributed by atoms with Gasteiger partial charge in [0.15, 0.2) is 0 Å². The monoisotopic (exact) mass is 312 g/mol. The summed E-state index contributed by atoms with van der Waals surface area (Å²) in [5.41, 5.74) is 1.89. The minimum atomic E-state index is -0.261. The lowest BCUT2D eigenvalue weighted by molar-refractivity contribution is 0.255. The summed E-state index contributed by atoms with van der Waals surface area (Å²) in [4.78, 5) is 0. The quantitative estimate of drug-likeness (QED) is 0.728. The lowest BCUT2D eigenvalue weighted by Gasteiger charge is -2.19. The summed E-state index contributed by atoms with van der Waals surface area (Å²) in [5.74, 6) is 1.74. The van der Waals surface area contributed by atoms with Crippen LogP contribution < -0.4 is 9.47 Å². The van der Waals surface area contributed by atoms with E-state index >= 15 is 0 Å². The number of rotatable bonds is 6. The predicted octanol–water partition coefficient (Wildman–Crippen LogP) is 4.64. The van der Waals surface area contributed by atoms with E-state index in [1.165, 1.54) is 11.1 Å². The van der Waals surface area contributed by atoms with Crippen molar-refractivity contribution in [2.24, 2.45) is 0 Å². The van der Waals surface area contributed by atoms with Crippen molar-refractivity contribution in [2.45, 2.75) is 37.9 Å². The molecule has 2 aromatic rings. The molecule has 0 bridgehead atoms. The van der Waals surface area contributed by atoms with Gasteiger partial charge in [-0.25, -0.2) is 0 Å². The maximum atomic E-state index is 6.43. The molecule has 3 nitrogen and oxygen atoms in total. The molecule has 1 fully saturated rings. The topological polar surface area (TPSA) is 31.0 Å². The smallest absolute Gasteiger partial charge is 0.127 e. The van der Waals surface area contributed by atoms with Crippen LogP contribution in [0.25, 0.3) is 0 Å². The highest BCUT2D eigenvalue weighted by Gasteiger charge is 2.69. The van der Waals surface area contributed by atoms with Crippen molar-refractivity contribution >= 4 is 0 Å². The second-order valence-electron chi connectivity index (χ2n) is 5.92. The average Bonchev–Trinajstić information content (AvgIpc) is 3.32. The van der Waals surface area contributed by atoms with Crippen molar-refractivity contribution in [3.8, 4) is 11.5 Å². The first-order valence-corrected chi connectivity index (χ1v) is 8.15. The van der Waals surface area contributed by atoms with Crippen LogP contribution in [-0.4, -0.2) is 14.2 Å². The number of hydrogen-bond acceptors (Lipinski definition) is 3. The zero-order chi connectivity index (χ0) is 16.5. The van der Waals surface area contributed by atoms with Crippen molar-refractivity contribution in [3.63, 3.8) is 0 Å². The fraction of sp³-hybridized carbons (Fsp3) is 0.400. The molecule has 2 aromatic carbocycles. The van der Waals surface area contributed by atoms with Crippen LogP contribution in [0.1, 0.15) is 37.8 Å². The van der Waals surface area contributed by atoms with E-state index in [1.54, 1.807) is 14.2 Å². The maximum absolute atomic E-state index is 6.43. The van der Waals surface area contributed by atoms with Crippen LogP contribution in [-0.2, 0) is 15.9 Å². The fourth-order valence-electron chi connectivity index (χ4n) is 3.70. The van der Waals surface area contributed by atoms with Gasteiger partial charge in [0.2, 0.25) is 0 Å². The molecule has 1 heterocycles. The normalized spacial score (nSPS) is 25.9. The number of methoxy groups -OCH3 is 2. The first-order chi connectivity index (χ1) is 11.2. The van der Waals surface area contributed by atoms with Gasteiger partial charge in [-0.15, -0.1) is 0 Å². The zero-order valence-corrected chi connectivity index (χ0v) is 14.3. The van der Waals surface area contributed by atoms with Crippen molar-refractivity contribution in [3.05, 3.63) is 59.7 Å². The van der Waals surface area contributed by atoms with Crippen molar-refractivity contribution in [1.29, 1.82) is 0 Å². The second kappa shape index (κ2) is 5.89. The molecule has 0 amide bonds. The van der Waals surface area contributed by atoms with E-state index in [9.17, 15) is 0 Å². The molecule has 122 valence electrons. The lowest BCUT2D eigenvalue weighted by atomic mass is 9.78. The summed E-state index contributed by atoms with van der Waals surface area (Å²) in [6.07, 6.45) is 1.86. The van der Waals surface area contributed by atoms with Gasteiger partial charge in [-0.2, -0.15) is 0 Å². The Labute approximate surface area is 138 Å². The Balaban J connectivity index is 1.99. The Morgan fingerprint density at radius 2 is 1.04 bits per heavy atom. The van der Waals surface area contributed by atoms with Crippen molar-refractivity contribution in [2.75, 3.05) is 14.2 Å². The molecule has 1 saturated heterocycles. The number of benzene rings is 2. The van der Waals surface area contributed by atoms with Gasteiger partial charge in [-0.3, -0.25) is 0 Å². The van der Waals surface area contributed by atoms with Crippen molar-refractivity contribution < 1.29 is 14.2 Å². The van der Waals surface area contributed by atoms with Crippen LogP contribution in [0, 0.1) is 0 Å². The van der Waals surface area contributed by atoms with Gasteiger partial charge in [0.05, 0.1) is 14.2 Å². The van der Waals surface area contributed by atoms with Gasteiger partial charge >= 0.3 is 0 Å². The molecule has 3 rings (SSSR count). The highest BCUT2D eigenvalue weighted by atomic mass is 16.6. The minimum absolute atomic E-state index is 0.261.